The van der Waals surface area contributed by atoms with Crippen LogP contribution in [0.5, 0.6) is 0 Å². The third kappa shape index (κ3) is 2.99. The Labute approximate surface area is 129 Å². The van der Waals surface area contributed by atoms with Crippen molar-refractivity contribution in [1.29, 1.82) is 0 Å². The fourth-order valence-corrected chi connectivity index (χ4v) is 3.39. The second-order valence-electron chi connectivity index (χ2n) is 5.29. The van der Waals surface area contributed by atoms with Gasteiger partial charge in [0.05, 0.1) is 0 Å². The number of halogens is 1. The van der Waals surface area contributed by atoms with Crippen LogP contribution >= 0.6 is 23.4 Å². The van der Waals surface area contributed by atoms with Gasteiger partial charge in [0.25, 0.3) is 0 Å². The fourth-order valence-electron chi connectivity index (χ4n) is 2.07. The summed E-state index contributed by atoms with van der Waals surface area (Å²) in [6, 6.07) is 8.47. The summed E-state index contributed by atoms with van der Waals surface area (Å²) in [5.74, 6) is 2.38. The van der Waals surface area contributed by atoms with Crippen LogP contribution in [0.3, 0.4) is 0 Å². The van der Waals surface area contributed by atoms with Gasteiger partial charge in [0.2, 0.25) is 0 Å². The Kier molecular flexibility index (Phi) is 3.99. The van der Waals surface area contributed by atoms with Gasteiger partial charge in [0, 0.05) is 17.2 Å². The lowest BCUT2D eigenvalue weighted by atomic mass is 10.1. The van der Waals surface area contributed by atoms with Crippen LogP contribution in [-0.2, 0) is 5.75 Å². The SMILES string of the molecule is Cc1ccccc1CSc1nc(C2CC2)nc(Cl)c1C. The minimum absolute atomic E-state index is 0.533. The van der Waals surface area contributed by atoms with Gasteiger partial charge in [0.15, 0.2) is 0 Å². The fraction of sp³-hybridized carbons (Fsp3) is 0.375. The van der Waals surface area contributed by atoms with Crippen molar-refractivity contribution in [2.75, 3.05) is 0 Å². The molecule has 4 heteroatoms. The molecule has 1 fully saturated rings. The number of aryl methyl sites for hydroxylation is 1. The van der Waals surface area contributed by atoms with E-state index in [1.807, 2.05) is 6.92 Å². The molecular formula is C16H17ClN2S. The van der Waals surface area contributed by atoms with E-state index in [2.05, 4.69) is 36.2 Å². The summed E-state index contributed by atoms with van der Waals surface area (Å²) in [5.41, 5.74) is 3.66. The average molecular weight is 305 g/mol. The molecule has 1 aliphatic carbocycles. The molecule has 2 nitrogen and oxygen atoms in total. The molecule has 1 aromatic carbocycles. The first-order valence-electron chi connectivity index (χ1n) is 6.86. The zero-order valence-electron chi connectivity index (χ0n) is 11.7. The van der Waals surface area contributed by atoms with Gasteiger partial charge in [0.1, 0.15) is 16.0 Å². The van der Waals surface area contributed by atoms with Gasteiger partial charge < -0.3 is 0 Å². The standard InChI is InChI=1S/C16H17ClN2S/c1-10-5-3-4-6-13(10)9-20-16-11(2)14(17)18-15(19-16)12-7-8-12/h3-6,12H,7-9H2,1-2H3. The molecule has 0 saturated heterocycles. The molecule has 0 atom stereocenters. The van der Waals surface area contributed by atoms with Gasteiger partial charge in [-0.25, -0.2) is 9.97 Å². The number of hydrogen-bond donors (Lipinski definition) is 0. The second kappa shape index (κ2) is 5.74. The Morgan fingerprint density at radius 3 is 2.65 bits per heavy atom. The zero-order chi connectivity index (χ0) is 14.1. The van der Waals surface area contributed by atoms with E-state index in [1.54, 1.807) is 11.8 Å². The van der Waals surface area contributed by atoms with E-state index in [0.717, 1.165) is 22.2 Å². The highest BCUT2D eigenvalue weighted by Crippen LogP contribution is 2.40. The van der Waals surface area contributed by atoms with Crippen LogP contribution < -0.4 is 0 Å². The Morgan fingerprint density at radius 2 is 1.95 bits per heavy atom. The summed E-state index contributed by atoms with van der Waals surface area (Å²) in [4.78, 5) is 9.12. The lowest BCUT2D eigenvalue weighted by molar-refractivity contribution is 0.862. The highest BCUT2D eigenvalue weighted by molar-refractivity contribution is 7.98. The summed E-state index contributed by atoms with van der Waals surface area (Å²) in [7, 11) is 0. The normalized spacial score (nSPS) is 14.6. The maximum absolute atomic E-state index is 6.24. The molecule has 1 aromatic heterocycles. The van der Waals surface area contributed by atoms with E-state index in [4.69, 9.17) is 16.6 Å². The summed E-state index contributed by atoms with van der Waals surface area (Å²) in [6.07, 6.45) is 2.39. The number of hydrogen-bond acceptors (Lipinski definition) is 3. The maximum Gasteiger partial charge on any atom is 0.136 e. The van der Waals surface area contributed by atoms with Crippen LogP contribution in [0.4, 0.5) is 0 Å². The van der Waals surface area contributed by atoms with Crippen LogP contribution in [0.25, 0.3) is 0 Å². The van der Waals surface area contributed by atoms with Crippen LogP contribution in [0, 0.1) is 13.8 Å². The maximum atomic E-state index is 6.24. The number of nitrogens with zero attached hydrogens (tertiary/aromatic N) is 2. The summed E-state index contributed by atoms with van der Waals surface area (Å²) in [5, 5.41) is 1.63. The topological polar surface area (TPSA) is 25.8 Å². The highest BCUT2D eigenvalue weighted by atomic mass is 35.5. The minimum atomic E-state index is 0.533. The lowest BCUT2D eigenvalue weighted by Crippen LogP contribution is -1.99. The monoisotopic (exact) mass is 304 g/mol. The molecule has 1 heterocycles. The van der Waals surface area contributed by atoms with Crippen molar-refractivity contribution in [2.24, 2.45) is 0 Å². The van der Waals surface area contributed by atoms with E-state index in [9.17, 15) is 0 Å². The first kappa shape index (κ1) is 13.9. The smallest absolute Gasteiger partial charge is 0.136 e. The Hall–Kier alpha value is -1.06. The third-order valence-corrected chi connectivity index (χ3v) is 5.12. The first-order chi connectivity index (χ1) is 9.65. The molecule has 3 rings (SSSR count). The highest BCUT2D eigenvalue weighted by Gasteiger charge is 2.28. The average Bonchev–Trinajstić information content (AvgIpc) is 3.26. The number of thioether (sulfide) groups is 1. The molecule has 0 N–H and O–H groups in total. The van der Waals surface area contributed by atoms with Crippen molar-refractivity contribution in [1.82, 2.24) is 9.97 Å². The van der Waals surface area contributed by atoms with Crippen LogP contribution in [0.1, 0.15) is 41.3 Å². The molecule has 1 aliphatic rings. The molecular weight excluding hydrogens is 288 g/mol. The van der Waals surface area contributed by atoms with Crippen LogP contribution in [-0.4, -0.2) is 9.97 Å². The van der Waals surface area contributed by atoms with Gasteiger partial charge in [-0.3, -0.25) is 0 Å². The van der Waals surface area contributed by atoms with E-state index in [1.165, 1.54) is 24.0 Å². The van der Waals surface area contributed by atoms with Crippen molar-refractivity contribution in [3.63, 3.8) is 0 Å². The Morgan fingerprint density at radius 1 is 1.20 bits per heavy atom. The molecule has 20 heavy (non-hydrogen) atoms. The van der Waals surface area contributed by atoms with Crippen LogP contribution in [0.2, 0.25) is 5.15 Å². The minimum Gasteiger partial charge on any atom is -0.226 e. The first-order valence-corrected chi connectivity index (χ1v) is 8.23. The Balaban J connectivity index is 1.81. The predicted molar refractivity (Wildman–Crippen MR) is 84.5 cm³/mol. The predicted octanol–water partition coefficient (Wildman–Crippen LogP) is 4.92. The van der Waals surface area contributed by atoms with Crippen molar-refractivity contribution in [3.05, 3.63) is 51.9 Å². The van der Waals surface area contributed by atoms with Gasteiger partial charge >= 0.3 is 0 Å². The van der Waals surface area contributed by atoms with E-state index < -0.39 is 0 Å². The number of aromatic nitrogens is 2. The third-order valence-electron chi connectivity index (χ3n) is 3.63. The van der Waals surface area contributed by atoms with Gasteiger partial charge in [-0.15, -0.1) is 11.8 Å². The Bertz CT molecular complexity index is 638. The molecule has 1 saturated carbocycles. The molecule has 2 aromatic rings. The second-order valence-corrected chi connectivity index (χ2v) is 6.61. The van der Waals surface area contributed by atoms with Crippen molar-refractivity contribution in [3.8, 4) is 0 Å². The van der Waals surface area contributed by atoms with E-state index >= 15 is 0 Å². The van der Waals surface area contributed by atoms with Crippen molar-refractivity contribution >= 4 is 23.4 Å². The van der Waals surface area contributed by atoms with Gasteiger partial charge in [-0.1, -0.05) is 35.9 Å². The molecule has 0 amide bonds. The lowest BCUT2D eigenvalue weighted by Gasteiger charge is -2.09. The largest absolute Gasteiger partial charge is 0.226 e. The van der Waals surface area contributed by atoms with Crippen molar-refractivity contribution < 1.29 is 0 Å². The van der Waals surface area contributed by atoms with Crippen molar-refractivity contribution in [2.45, 2.75) is 43.4 Å². The quantitative estimate of drug-likeness (QED) is 0.592. The summed E-state index contributed by atoms with van der Waals surface area (Å²) in [6.45, 7) is 4.14. The summed E-state index contributed by atoms with van der Waals surface area (Å²) >= 11 is 7.99. The van der Waals surface area contributed by atoms with E-state index in [-0.39, 0.29) is 0 Å². The number of benzene rings is 1. The zero-order valence-corrected chi connectivity index (χ0v) is 13.3. The molecule has 0 unspecified atom stereocenters. The van der Waals surface area contributed by atoms with Gasteiger partial charge in [-0.2, -0.15) is 0 Å². The molecule has 0 aliphatic heterocycles. The van der Waals surface area contributed by atoms with E-state index in [0.29, 0.717) is 11.1 Å². The van der Waals surface area contributed by atoms with Crippen LogP contribution in [0.15, 0.2) is 29.3 Å². The summed E-state index contributed by atoms with van der Waals surface area (Å²) < 4.78 is 0. The molecule has 104 valence electrons. The number of rotatable bonds is 4. The molecule has 0 spiro atoms. The van der Waals surface area contributed by atoms with Gasteiger partial charge in [-0.05, 0) is 37.8 Å². The molecule has 0 bridgehead atoms. The molecule has 0 radical (unpaired) electrons.